The molecule has 0 aliphatic carbocycles. The molecule has 0 aromatic carbocycles. The van der Waals surface area contributed by atoms with Crippen molar-refractivity contribution in [3.05, 3.63) is 12.7 Å². The molecular formula is C9H19NO. The lowest BCUT2D eigenvalue weighted by atomic mass is 10.1. The summed E-state index contributed by atoms with van der Waals surface area (Å²) in [6.07, 6.45) is 4.02. The molecule has 2 nitrogen and oxygen atoms in total. The predicted octanol–water partition coefficient (Wildman–Crippen LogP) is 1.58. The van der Waals surface area contributed by atoms with Crippen molar-refractivity contribution in [2.24, 2.45) is 0 Å². The summed E-state index contributed by atoms with van der Waals surface area (Å²) in [5.41, 5.74) is 0. The minimum absolute atomic E-state index is 0.527. The van der Waals surface area contributed by atoms with Crippen molar-refractivity contribution in [1.82, 2.24) is 5.32 Å². The van der Waals surface area contributed by atoms with Crippen LogP contribution in [-0.4, -0.2) is 26.3 Å². The van der Waals surface area contributed by atoms with Crippen molar-refractivity contribution in [3.8, 4) is 0 Å². The van der Waals surface area contributed by atoms with Crippen LogP contribution in [-0.2, 0) is 4.74 Å². The Hall–Kier alpha value is -0.340. The average Bonchev–Trinajstić information content (AvgIpc) is 2.03. The Bertz CT molecular complexity index is 93.6. The van der Waals surface area contributed by atoms with Crippen molar-refractivity contribution < 1.29 is 4.74 Å². The van der Waals surface area contributed by atoms with Gasteiger partial charge in [0.05, 0.1) is 0 Å². The van der Waals surface area contributed by atoms with Crippen LogP contribution in [0.15, 0.2) is 12.7 Å². The second-order valence-electron chi connectivity index (χ2n) is 2.50. The highest BCUT2D eigenvalue weighted by Gasteiger charge is 2.01. The van der Waals surface area contributed by atoms with Crippen LogP contribution in [0.1, 0.15) is 19.8 Å². The van der Waals surface area contributed by atoms with Gasteiger partial charge in [-0.3, -0.25) is 0 Å². The first-order valence-corrected chi connectivity index (χ1v) is 4.21. The molecule has 0 radical (unpaired) electrons. The lowest BCUT2D eigenvalue weighted by Gasteiger charge is -2.12. The van der Waals surface area contributed by atoms with E-state index >= 15 is 0 Å². The molecule has 2 heteroatoms. The number of rotatable bonds is 7. The molecule has 1 unspecified atom stereocenters. The lowest BCUT2D eigenvalue weighted by molar-refractivity contribution is 0.137. The number of ether oxygens (including phenoxy) is 1. The normalized spacial score (nSPS) is 12.9. The molecule has 1 N–H and O–H groups in total. The molecule has 0 fully saturated rings. The third-order valence-corrected chi connectivity index (χ3v) is 1.67. The Morgan fingerprint density at radius 3 is 2.82 bits per heavy atom. The molecule has 0 aliphatic rings. The molecular weight excluding hydrogens is 138 g/mol. The lowest BCUT2D eigenvalue weighted by Crippen LogP contribution is -2.25. The Labute approximate surface area is 69.6 Å². The summed E-state index contributed by atoms with van der Waals surface area (Å²) in [6, 6.07) is 0.527. The zero-order valence-corrected chi connectivity index (χ0v) is 7.60. The van der Waals surface area contributed by atoms with Gasteiger partial charge in [0.2, 0.25) is 0 Å². The van der Waals surface area contributed by atoms with Gasteiger partial charge in [-0.25, -0.2) is 0 Å². The van der Waals surface area contributed by atoms with Crippen LogP contribution in [0.3, 0.4) is 0 Å². The van der Waals surface area contributed by atoms with Crippen LogP contribution < -0.4 is 5.32 Å². The molecule has 0 heterocycles. The van der Waals surface area contributed by atoms with Crippen LogP contribution in [0.25, 0.3) is 0 Å². The molecule has 0 saturated carbocycles. The van der Waals surface area contributed by atoms with E-state index in [1.165, 1.54) is 0 Å². The van der Waals surface area contributed by atoms with E-state index in [1.54, 1.807) is 0 Å². The van der Waals surface area contributed by atoms with Crippen LogP contribution in [0, 0.1) is 0 Å². The minimum atomic E-state index is 0.527. The van der Waals surface area contributed by atoms with E-state index in [0.29, 0.717) is 6.04 Å². The molecule has 0 aromatic rings. The van der Waals surface area contributed by atoms with E-state index < -0.39 is 0 Å². The van der Waals surface area contributed by atoms with Gasteiger partial charge in [-0.05, 0) is 26.8 Å². The van der Waals surface area contributed by atoms with E-state index in [2.05, 4.69) is 11.9 Å². The van der Waals surface area contributed by atoms with Gasteiger partial charge >= 0.3 is 0 Å². The minimum Gasteiger partial charge on any atom is -0.382 e. The van der Waals surface area contributed by atoms with Gasteiger partial charge in [0.15, 0.2) is 0 Å². The molecule has 0 amide bonds. The molecule has 66 valence electrons. The van der Waals surface area contributed by atoms with Crippen molar-refractivity contribution in [1.29, 1.82) is 0 Å². The van der Waals surface area contributed by atoms with E-state index in [1.807, 2.05) is 20.0 Å². The predicted molar refractivity (Wildman–Crippen MR) is 48.8 cm³/mol. The Kier molecular flexibility index (Phi) is 7.52. The maximum absolute atomic E-state index is 5.24. The van der Waals surface area contributed by atoms with Gasteiger partial charge in [-0.2, -0.15) is 0 Å². The Balaban J connectivity index is 3.27. The summed E-state index contributed by atoms with van der Waals surface area (Å²) in [7, 11) is 1.97. The number of hydrogen-bond donors (Lipinski definition) is 1. The summed E-state index contributed by atoms with van der Waals surface area (Å²) in [4.78, 5) is 0. The monoisotopic (exact) mass is 157 g/mol. The summed E-state index contributed by atoms with van der Waals surface area (Å²) in [5.74, 6) is 0. The summed E-state index contributed by atoms with van der Waals surface area (Å²) >= 11 is 0. The van der Waals surface area contributed by atoms with Crippen LogP contribution in [0.4, 0.5) is 0 Å². The van der Waals surface area contributed by atoms with Gasteiger partial charge in [-0.1, -0.05) is 6.08 Å². The zero-order chi connectivity index (χ0) is 8.53. The average molecular weight is 157 g/mol. The number of nitrogens with one attached hydrogen (secondary N) is 1. The van der Waals surface area contributed by atoms with Crippen LogP contribution in [0.5, 0.6) is 0 Å². The fourth-order valence-electron chi connectivity index (χ4n) is 0.951. The molecule has 11 heavy (non-hydrogen) atoms. The number of hydrogen-bond acceptors (Lipinski definition) is 2. The van der Waals surface area contributed by atoms with E-state index in [0.717, 1.165) is 26.1 Å². The van der Waals surface area contributed by atoms with Gasteiger partial charge in [0, 0.05) is 19.3 Å². The maximum atomic E-state index is 5.24. The third-order valence-electron chi connectivity index (χ3n) is 1.67. The molecule has 0 aliphatic heterocycles. The Morgan fingerprint density at radius 1 is 1.64 bits per heavy atom. The van der Waals surface area contributed by atoms with Crippen molar-refractivity contribution in [3.63, 3.8) is 0 Å². The molecule has 0 spiro atoms. The highest BCUT2D eigenvalue weighted by Crippen LogP contribution is 1.97. The Morgan fingerprint density at radius 2 is 2.36 bits per heavy atom. The van der Waals surface area contributed by atoms with E-state index in [4.69, 9.17) is 4.74 Å². The molecule has 0 saturated heterocycles. The summed E-state index contributed by atoms with van der Waals surface area (Å²) in [6.45, 7) is 7.36. The highest BCUT2D eigenvalue weighted by atomic mass is 16.5. The van der Waals surface area contributed by atoms with Crippen LogP contribution in [0.2, 0.25) is 0 Å². The third kappa shape index (κ3) is 6.07. The SMILES string of the molecule is C=CCC(CCOCC)NC. The second-order valence-corrected chi connectivity index (χ2v) is 2.50. The first-order valence-electron chi connectivity index (χ1n) is 4.21. The smallest absolute Gasteiger partial charge is 0.0480 e. The molecule has 1 atom stereocenters. The van der Waals surface area contributed by atoms with Crippen molar-refractivity contribution in [2.45, 2.75) is 25.8 Å². The fourth-order valence-corrected chi connectivity index (χ4v) is 0.951. The first kappa shape index (κ1) is 10.7. The van der Waals surface area contributed by atoms with Gasteiger partial charge in [0.25, 0.3) is 0 Å². The fraction of sp³-hybridized carbons (Fsp3) is 0.778. The van der Waals surface area contributed by atoms with Gasteiger partial charge in [0.1, 0.15) is 0 Å². The van der Waals surface area contributed by atoms with Gasteiger partial charge < -0.3 is 10.1 Å². The first-order chi connectivity index (χ1) is 5.35. The molecule has 0 aromatic heterocycles. The van der Waals surface area contributed by atoms with Crippen molar-refractivity contribution >= 4 is 0 Å². The molecule has 0 rings (SSSR count). The van der Waals surface area contributed by atoms with Crippen molar-refractivity contribution in [2.75, 3.05) is 20.3 Å². The highest BCUT2D eigenvalue weighted by molar-refractivity contribution is 4.76. The standard InChI is InChI=1S/C9H19NO/c1-4-6-9(10-3)7-8-11-5-2/h4,9-10H,1,5-8H2,2-3H3. The second kappa shape index (κ2) is 7.76. The summed E-state index contributed by atoms with van der Waals surface area (Å²) < 4.78 is 5.24. The van der Waals surface area contributed by atoms with E-state index in [9.17, 15) is 0 Å². The molecule has 0 bridgehead atoms. The quantitative estimate of drug-likeness (QED) is 0.447. The maximum Gasteiger partial charge on any atom is 0.0480 e. The topological polar surface area (TPSA) is 21.3 Å². The van der Waals surface area contributed by atoms with E-state index in [-0.39, 0.29) is 0 Å². The van der Waals surface area contributed by atoms with Crippen LogP contribution >= 0.6 is 0 Å². The zero-order valence-electron chi connectivity index (χ0n) is 7.60. The van der Waals surface area contributed by atoms with Gasteiger partial charge in [-0.15, -0.1) is 6.58 Å². The largest absolute Gasteiger partial charge is 0.382 e. The summed E-state index contributed by atoms with van der Waals surface area (Å²) in [5, 5.41) is 3.21.